The van der Waals surface area contributed by atoms with Crippen molar-refractivity contribution in [2.24, 2.45) is 0 Å². The predicted octanol–water partition coefficient (Wildman–Crippen LogP) is -3.27. The van der Waals surface area contributed by atoms with Crippen LogP contribution < -0.4 is 27.6 Å². The maximum atomic E-state index is 3.15. The fourth-order valence-electron chi connectivity index (χ4n) is 0.637. The third-order valence-electron chi connectivity index (χ3n) is 1.19. The van der Waals surface area contributed by atoms with Crippen LogP contribution in [-0.2, 0) is 0 Å². The summed E-state index contributed by atoms with van der Waals surface area (Å²) in [6, 6.07) is 0. The SMILES string of the molecule is CNC(C[CH2][Mg+])NC.[Br-]. The molecule has 0 rings (SSSR count). The van der Waals surface area contributed by atoms with E-state index in [1.165, 1.54) is 11.0 Å². The summed E-state index contributed by atoms with van der Waals surface area (Å²) in [6.45, 7) is 0. The molecule has 0 radical (unpaired) electrons. The molecule has 0 aliphatic heterocycles. The zero-order valence-electron chi connectivity index (χ0n) is 6.08. The standard InChI is InChI=1S/C5H13N2.BrH.Mg/c1-4-5(6-2)7-3;;/h5-7H,1,4H2,2-3H3;1H;/q;;+1/p-1. The van der Waals surface area contributed by atoms with Crippen molar-refractivity contribution in [1.29, 1.82) is 0 Å². The summed E-state index contributed by atoms with van der Waals surface area (Å²) in [4.78, 5) is 0. The number of nitrogens with one attached hydrogen (secondary N) is 2. The monoisotopic (exact) mass is 204 g/mol. The van der Waals surface area contributed by atoms with E-state index < -0.39 is 0 Å². The minimum atomic E-state index is 0. The van der Waals surface area contributed by atoms with Crippen LogP contribution >= 0.6 is 0 Å². The Kier molecular flexibility index (Phi) is 13.0. The first-order chi connectivity index (χ1) is 3.85. The molecule has 0 spiro atoms. The van der Waals surface area contributed by atoms with Crippen molar-refractivity contribution < 1.29 is 17.0 Å². The van der Waals surface area contributed by atoms with Crippen molar-refractivity contribution in [3.8, 4) is 0 Å². The van der Waals surface area contributed by atoms with Crippen molar-refractivity contribution in [2.45, 2.75) is 17.1 Å². The summed E-state index contributed by atoms with van der Waals surface area (Å²) in [5, 5.41) is 6.29. The molecule has 0 amide bonds. The fraction of sp³-hybridized carbons (Fsp3) is 1.00. The van der Waals surface area contributed by atoms with E-state index in [1.807, 2.05) is 35.8 Å². The summed E-state index contributed by atoms with van der Waals surface area (Å²) in [5.41, 5.74) is 0. The van der Waals surface area contributed by atoms with Crippen molar-refractivity contribution in [1.82, 2.24) is 10.6 Å². The van der Waals surface area contributed by atoms with E-state index in [9.17, 15) is 0 Å². The van der Waals surface area contributed by atoms with Crippen LogP contribution in [0.25, 0.3) is 0 Å². The maximum absolute atomic E-state index is 3.15. The second-order valence-corrected chi connectivity index (χ2v) is 2.48. The molecule has 0 aliphatic carbocycles. The van der Waals surface area contributed by atoms with Crippen LogP contribution in [0.5, 0.6) is 0 Å². The molecule has 0 unspecified atom stereocenters. The van der Waals surface area contributed by atoms with E-state index in [0.717, 1.165) is 0 Å². The van der Waals surface area contributed by atoms with Gasteiger partial charge in [0, 0.05) is 0 Å². The molecule has 2 N–H and O–H groups in total. The molecule has 0 atom stereocenters. The molecule has 0 saturated carbocycles. The Balaban J connectivity index is 0. The van der Waals surface area contributed by atoms with Gasteiger partial charge < -0.3 is 17.0 Å². The average Bonchev–Trinajstić information content (AvgIpc) is 1.83. The van der Waals surface area contributed by atoms with Gasteiger partial charge in [-0.1, -0.05) is 0 Å². The van der Waals surface area contributed by atoms with Crippen molar-refractivity contribution in [3.05, 3.63) is 0 Å². The fourth-order valence-corrected chi connectivity index (χ4v) is 1.05. The first kappa shape index (κ1) is 12.8. The zero-order chi connectivity index (χ0) is 6.41. The average molecular weight is 205 g/mol. The minimum Gasteiger partial charge on any atom is -1.00 e. The Bertz CT molecular complexity index is 50.2. The van der Waals surface area contributed by atoms with Crippen molar-refractivity contribution in [3.63, 3.8) is 0 Å². The molecule has 0 fully saturated rings. The van der Waals surface area contributed by atoms with Gasteiger partial charge in [0.05, 0.1) is 0 Å². The summed E-state index contributed by atoms with van der Waals surface area (Å²) >= 11 is 2.01. The van der Waals surface area contributed by atoms with Crippen LogP contribution in [-0.4, -0.2) is 42.0 Å². The molecule has 0 saturated heterocycles. The molecular weight excluding hydrogens is 192 g/mol. The maximum Gasteiger partial charge on any atom is -1.00 e. The molecule has 4 heteroatoms. The third kappa shape index (κ3) is 7.06. The third-order valence-corrected chi connectivity index (χ3v) is 1.60. The van der Waals surface area contributed by atoms with Gasteiger partial charge in [-0.3, -0.25) is 0 Å². The zero-order valence-corrected chi connectivity index (χ0v) is 9.08. The molecule has 0 aliphatic rings. The molecule has 0 aromatic heterocycles. The Morgan fingerprint density at radius 2 is 1.78 bits per heavy atom. The largest absolute Gasteiger partial charge is 1.00 e. The number of hydrogen-bond donors (Lipinski definition) is 2. The van der Waals surface area contributed by atoms with Crippen LogP contribution in [0.1, 0.15) is 6.42 Å². The Hall–Kier alpha value is 1.17. The van der Waals surface area contributed by atoms with Crippen LogP contribution in [0.15, 0.2) is 0 Å². The molecule has 0 bridgehead atoms. The van der Waals surface area contributed by atoms with Gasteiger partial charge in [-0.05, 0) is 0 Å². The second kappa shape index (κ2) is 9.17. The van der Waals surface area contributed by atoms with Gasteiger partial charge in [0.2, 0.25) is 0 Å². The van der Waals surface area contributed by atoms with E-state index in [0.29, 0.717) is 6.17 Å². The quantitative estimate of drug-likeness (QED) is 0.372. The molecule has 52 valence electrons. The first-order valence-corrected chi connectivity index (χ1v) is 3.99. The van der Waals surface area contributed by atoms with E-state index in [-0.39, 0.29) is 17.0 Å². The van der Waals surface area contributed by atoms with Gasteiger partial charge in [-0.25, -0.2) is 0 Å². The van der Waals surface area contributed by atoms with Crippen LogP contribution in [0.4, 0.5) is 0 Å². The second-order valence-electron chi connectivity index (χ2n) is 1.77. The summed E-state index contributed by atoms with van der Waals surface area (Å²) in [7, 11) is 3.94. The van der Waals surface area contributed by atoms with Crippen LogP contribution in [0.3, 0.4) is 0 Å². The van der Waals surface area contributed by atoms with Gasteiger partial charge >= 0.3 is 63.6 Å². The molecular formula is C5H13BrMgN2. The van der Waals surface area contributed by atoms with Crippen LogP contribution in [0.2, 0.25) is 4.55 Å². The molecule has 9 heavy (non-hydrogen) atoms. The minimum absolute atomic E-state index is 0. The van der Waals surface area contributed by atoms with E-state index in [4.69, 9.17) is 0 Å². The molecule has 2 nitrogen and oxygen atoms in total. The number of hydrogen-bond acceptors (Lipinski definition) is 2. The smallest absolute Gasteiger partial charge is 1.00 e. The van der Waals surface area contributed by atoms with E-state index >= 15 is 0 Å². The Labute approximate surface area is 80.4 Å². The summed E-state index contributed by atoms with van der Waals surface area (Å²) < 4.78 is 1.26. The normalized spacial score (nSPS) is 9.44. The van der Waals surface area contributed by atoms with Gasteiger partial charge in [0.15, 0.2) is 0 Å². The number of rotatable bonds is 4. The molecule has 0 aromatic rings. The summed E-state index contributed by atoms with van der Waals surface area (Å²) in [5.74, 6) is 0. The van der Waals surface area contributed by atoms with Gasteiger partial charge in [-0.15, -0.1) is 0 Å². The Morgan fingerprint density at radius 3 is 1.89 bits per heavy atom. The molecule has 0 heterocycles. The van der Waals surface area contributed by atoms with E-state index in [1.54, 1.807) is 0 Å². The topological polar surface area (TPSA) is 24.1 Å². The van der Waals surface area contributed by atoms with Gasteiger partial charge in [0.1, 0.15) is 0 Å². The number of halogens is 1. The van der Waals surface area contributed by atoms with Gasteiger partial charge in [-0.2, -0.15) is 0 Å². The Morgan fingerprint density at radius 1 is 1.33 bits per heavy atom. The van der Waals surface area contributed by atoms with Gasteiger partial charge in [0.25, 0.3) is 0 Å². The molecule has 0 aromatic carbocycles. The van der Waals surface area contributed by atoms with Crippen molar-refractivity contribution in [2.75, 3.05) is 14.1 Å². The predicted molar refractivity (Wildman–Crippen MR) is 37.1 cm³/mol. The van der Waals surface area contributed by atoms with E-state index in [2.05, 4.69) is 10.6 Å². The first-order valence-electron chi connectivity index (χ1n) is 2.99. The summed E-state index contributed by atoms with van der Waals surface area (Å²) in [6.07, 6.45) is 1.72. The van der Waals surface area contributed by atoms with Crippen LogP contribution in [0, 0.1) is 0 Å². The van der Waals surface area contributed by atoms with Crippen molar-refractivity contribution >= 4 is 21.7 Å².